The van der Waals surface area contributed by atoms with Gasteiger partial charge in [-0.05, 0) is 12.1 Å². The van der Waals surface area contributed by atoms with Crippen LogP contribution in [-0.4, -0.2) is 32.5 Å². The number of carbonyl (C=O) groups excluding carboxylic acids is 2. The molecule has 130 valence electrons. The maximum Gasteiger partial charge on any atom is 0.247 e. The summed E-state index contributed by atoms with van der Waals surface area (Å²) in [5.74, 6) is 0.959. The Hall–Kier alpha value is -2.41. The van der Waals surface area contributed by atoms with Gasteiger partial charge in [0.15, 0.2) is 5.78 Å². The molecule has 2 aromatic rings. The van der Waals surface area contributed by atoms with Crippen molar-refractivity contribution in [1.29, 1.82) is 0 Å². The highest BCUT2D eigenvalue weighted by Crippen LogP contribution is 2.32. The van der Waals surface area contributed by atoms with Crippen LogP contribution in [0.2, 0.25) is 0 Å². The summed E-state index contributed by atoms with van der Waals surface area (Å²) in [4.78, 5) is 25.9. The minimum absolute atomic E-state index is 0.0230. The predicted molar refractivity (Wildman–Crippen MR) is 95.3 cm³/mol. The van der Waals surface area contributed by atoms with E-state index in [1.807, 2.05) is 51.1 Å². The molecule has 0 aliphatic carbocycles. The summed E-state index contributed by atoms with van der Waals surface area (Å²) < 4.78 is 5.66. The summed E-state index contributed by atoms with van der Waals surface area (Å²) in [5.41, 5.74) is 0.331. The molecule has 0 bridgehead atoms. The second kappa shape index (κ2) is 6.84. The number of aromatic nitrogens is 2. The number of hydrogen-bond donors (Lipinski definition) is 0. The van der Waals surface area contributed by atoms with Gasteiger partial charge in [0.05, 0.1) is 10.8 Å². The molecule has 0 radical (unpaired) electrons. The number of thioether (sulfide) groups is 1. The second-order valence-corrected chi connectivity index (χ2v) is 7.73. The van der Waals surface area contributed by atoms with E-state index in [1.165, 1.54) is 22.7 Å². The number of benzene rings is 1. The van der Waals surface area contributed by atoms with Crippen molar-refractivity contribution >= 4 is 23.5 Å². The van der Waals surface area contributed by atoms with E-state index < -0.39 is 5.41 Å². The molecule has 1 aliphatic rings. The first-order valence-electron chi connectivity index (χ1n) is 7.92. The Labute approximate surface area is 150 Å². The van der Waals surface area contributed by atoms with Crippen LogP contribution in [0, 0.1) is 5.41 Å². The van der Waals surface area contributed by atoms with Gasteiger partial charge in [0, 0.05) is 17.1 Å². The maximum absolute atomic E-state index is 12.2. The number of hydrogen-bond acceptors (Lipinski definition) is 6. The van der Waals surface area contributed by atoms with Crippen LogP contribution in [0.1, 0.15) is 26.7 Å². The molecule has 1 saturated heterocycles. The molecule has 1 amide bonds. The molecule has 0 atom stereocenters. The highest BCUT2D eigenvalue weighted by Gasteiger charge is 2.30. The minimum Gasteiger partial charge on any atom is -0.419 e. The first-order valence-corrected chi connectivity index (χ1v) is 8.90. The normalized spacial score (nSPS) is 16.7. The van der Waals surface area contributed by atoms with E-state index in [9.17, 15) is 9.59 Å². The van der Waals surface area contributed by atoms with Crippen molar-refractivity contribution in [3.05, 3.63) is 47.3 Å². The third-order valence-corrected chi connectivity index (χ3v) is 4.71. The number of amides is 1. The van der Waals surface area contributed by atoms with Gasteiger partial charge in [0.2, 0.25) is 17.7 Å². The fourth-order valence-electron chi connectivity index (χ4n) is 2.18. The van der Waals surface area contributed by atoms with Crippen LogP contribution >= 0.6 is 11.8 Å². The Morgan fingerprint density at radius 1 is 1.28 bits per heavy atom. The summed E-state index contributed by atoms with van der Waals surface area (Å²) in [6.45, 7) is 5.71. The molecule has 25 heavy (non-hydrogen) atoms. The van der Waals surface area contributed by atoms with E-state index in [0.717, 1.165) is 5.56 Å². The summed E-state index contributed by atoms with van der Waals surface area (Å²) >= 11 is 1.35. The van der Waals surface area contributed by atoms with Gasteiger partial charge in [0.25, 0.3) is 0 Å². The summed E-state index contributed by atoms with van der Waals surface area (Å²) in [5, 5.41) is 8.68. The van der Waals surface area contributed by atoms with Crippen LogP contribution in [0.3, 0.4) is 0 Å². The fraction of sp³-hybridized carbons (Fsp3) is 0.333. The number of ketones is 1. The number of allylic oxidation sites excluding steroid dienone is 1. The van der Waals surface area contributed by atoms with Crippen molar-refractivity contribution in [3.63, 3.8) is 0 Å². The van der Waals surface area contributed by atoms with Crippen LogP contribution in [0.15, 0.2) is 45.9 Å². The molecule has 0 saturated carbocycles. The van der Waals surface area contributed by atoms with E-state index in [-0.39, 0.29) is 18.2 Å². The number of carbonyl (C=O) groups is 2. The highest BCUT2D eigenvalue weighted by molar-refractivity contribution is 8.04. The van der Waals surface area contributed by atoms with Crippen LogP contribution in [0.4, 0.5) is 0 Å². The van der Waals surface area contributed by atoms with Gasteiger partial charge in [-0.15, -0.1) is 10.2 Å². The predicted octanol–water partition coefficient (Wildman–Crippen LogP) is 3.27. The Bertz CT molecular complexity index is 822. The molecule has 0 spiro atoms. The Kier molecular flexibility index (Phi) is 4.76. The lowest BCUT2D eigenvalue weighted by Gasteiger charge is -2.17. The van der Waals surface area contributed by atoms with Crippen LogP contribution in [0.25, 0.3) is 11.5 Å². The van der Waals surface area contributed by atoms with Crippen LogP contribution < -0.4 is 0 Å². The lowest BCUT2D eigenvalue weighted by Crippen LogP contribution is -2.26. The van der Waals surface area contributed by atoms with E-state index in [4.69, 9.17) is 4.42 Å². The van der Waals surface area contributed by atoms with Gasteiger partial charge >= 0.3 is 0 Å². The molecule has 0 N–H and O–H groups in total. The van der Waals surface area contributed by atoms with E-state index in [1.54, 1.807) is 0 Å². The molecule has 1 aromatic carbocycles. The lowest BCUT2D eigenvalue weighted by molar-refractivity contribution is -0.126. The smallest absolute Gasteiger partial charge is 0.247 e. The van der Waals surface area contributed by atoms with Crippen LogP contribution in [-0.2, 0) is 16.1 Å². The molecule has 7 heteroatoms. The molecular weight excluding hydrogens is 338 g/mol. The SMILES string of the molecule is CC(C)(C)C(=O)C=C1SCC(=O)N1Cc1nnc(-c2ccccc2)o1. The van der Waals surface area contributed by atoms with E-state index in [0.29, 0.717) is 22.6 Å². The molecule has 1 aromatic heterocycles. The van der Waals surface area contributed by atoms with Gasteiger partial charge in [-0.3, -0.25) is 14.5 Å². The first-order chi connectivity index (χ1) is 11.8. The molecular formula is C18H19N3O3S. The van der Waals surface area contributed by atoms with Crippen molar-refractivity contribution in [3.8, 4) is 11.5 Å². The van der Waals surface area contributed by atoms with Gasteiger partial charge in [-0.2, -0.15) is 0 Å². The van der Waals surface area contributed by atoms with Gasteiger partial charge in [-0.25, -0.2) is 0 Å². The molecule has 3 rings (SSSR count). The van der Waals surface area contributed by atoms with Crippen molar-refractivity contribution in [2.24, 2.45) is 5.41 Å². The van der Waals surface area contributed by atoms with E-state index in [2.05, 4.69) is 10.2 Å². The maximum atomic E-state index is 12.2. The molecule has 1 aliphatic heterocycles. The van der Waals surface area contributed by atoms with Gasteiger partial charge < -0.3 is 4.42 Å². The zero-order valence-electron chi connectivity index (χ0n) is 14.4. The quantitative estimate of drug-likeness (QED) is 0.782. The summed E-state index contributed by atoms with van der Waals surface area (Å²) in [6, 6.07) is 9.44. The lowest BCUT2D eigenvalue weighted by atomic mass is 9.91. The third kappa shape index (κ3) is 3.99. The largest absolute Gasteiger partial charge is 0.419 e. The summed E-state index contributed by atoms with van der Waals surface area (Å²) in [6.07, 6.45) is 1.53. The fourth-order valence-corrected chi connectivity index (χ4v) is 3.12. The molecule has 0 unspecified atom stereocenters. The molecule has 1 fully saturated rings. The highest BCUT2D eigenvalue weighted by atomic mass is 32.2. The second-order valence-electron chi connectivity index (χ2n) is 6.73. The van der Waals surface area contributed by atoms with Gasteiger partial charge in [0.1, 0.15) is 6.54 Å². The third-order valence-electron chi connectivity index (χ3n) is 3.69. The topological polar surface area (TPSA) is 76.3 Å². The van der Waals surface area contributed by atoms with Crippen molar-refractivity contribution in [1.82, 2.24) is 15.1 Å². The number of nitrogens with zero attached hydrogens (tertiary/aromatic N) is 3. The first kappa shape index (κ1) is 17.4. The molecule has 6 nitrogen and oxygen atoms in total. The minimum atomic E-state index is -0.490. The zero-order valence-corrected chi connectivity index (χ0v) is 15.2. The monoisotopic (exact) mass is 357 g/mol. The zero-order chi connectivity index (χ0) is 18.0. The standard InChI is InChI=1S/C18H19N3O3S/c1-18(2,3)13(22)9-16-21(15(23)11-25-16)10-14-19-20-17(24-14)12-7-5-4-6-8-12/h4-9H,10-11H2,1-3H3. The van der Waals surface area contributed by atoms with Crippen molar-refractivity contribution in [2.75, 3.05) is 5.75 Å². The Morgan fingerprint density at radius 3 is 2.68 bits per heavy atom. The number of rotatable bonds is 4. The average Bonchev–Trinajstić information content (AvgIpc) is 3.17. The summed E-state index contributed by atoms with van der Waals surface area (Å²) in [7, 11) is 0. The van der Waals surface area contributed by atoms with E-state index >= 15 is 0 Å². The molecule has 2 heterocycles. The average molecular weight is 357 g/mol. The van der Waals surface area contributed by atoms with Crippen LogP contribution in [0.5, 0.6) is 0 Å². The Balaban J connectivity index is 1.79. The van der Waals surface area contributed by atoms with Gasteiger partial charge in [-0.1, -0.05) is 50.7 Å². The van der Waals surface area contributed by atoms with Crippen molar-refractivity contribution in [2.45, 2.75) is 27.3 Å². The van der Waals surface area contributed by atoms with Crippen molar-refractivity contribution < 1.29 is 14.0 Å². The Morgan fingerprint density at radius 2 is 2.00 bits per heavy atom.